The fourth-order valence-corrected chi connectivity index (χ4v) is 8.73. The van der Waals surface area contributed by atoms with Gasteiger partial charge in [-0.15, -0.1) is 22.7 Å². The molecule has 0 aliphatic heterocycles. The molecule has 0 spiro atoms. The molecule has 0 radical (unpaired) electrons. The molecular weight excluding hydrogens is 462 g/mol. The Morgan fingerprint density at radius 1 is 0.600 bits per heavy atom. The van der Waals surface area contributed by atoms with Gasteiger partial charge in [0.1, 0.15) is 0 Å². The second kappa shape index (κ2) is 7.61. The zero-order valence-electron chi connectivity index (χ0n) is 19.3. The van der Waals surface area contributed by atoms with Crippen LogP contribution in [0.25, 0.3) is 62.4 Å². The lowest BCUT2D eigenvalue weighted by molar-refractivity contribution is 0.722. The van der Waals surface area contributed by atoms with E-state index in [4.69, 9.17) is 4.98 Å². The molecule has 1 aliphatic rings. The molecule has 0 N–H and O–H groups in total. The Morgan fingerprint density at radius 2 is 1.26 bits per heavy atom. The lowest BCUT2D eigenvalue weighted by Gasteiger charge is -2.11. The summed E-state index contributed by atoms with van der Waals surface area (Å²) in [6.45, 7) is 0. The average molecular weight is 486 g/mol. The van der Waals surface area contributed by atoms with Crippen molar-refractivity contribution in [2.45, 2.75) is 31.6 Å². The molecule has 1 nitrogen and oxygen atoms in total. The Kier molecular flexibility index (Phi) is 4.35. The predicted octanol–water partition coefficient (Wildman–Crippen LogP) is 10.3. The minimum absolute atomic E-state index is 0.700. The summed E-state index contributed by atoms with van der Waals surface area (Å²) < 4.78 is 5.50. The number of hydrogen-bond donors (Lipinski definition) is 0. The van der Waals surface area contributed by atoms with Crippen molar-refractivity contribution in [2.24, 2.45) is 0 Å². The Hall–Kier alpha value is -3.27. The van der Waals surface area contributed by atoms with Crippen LogP contribution in [-0.2, 0) is 0 Å². The van der Waals surface area contributed by atoms with Crippen molar-refractivity contribution in [3.63, 3.8) is 0 Å². The maximum absolute atomic E-state index is 4.84. The molecule has 0 atom stereocenters. The predicted molar refractivity (Wildman–Crippen MR) is 154 cm³/mol. The molecule has 7 aromatic rings. The van der Waals surface area contributed by atoms with Gasteiger partial charge in [-0.1, -0.05) is 73.5 Å². The van der Waals surface area contributed by atoms with Crippen molar-refractivity contribution in [3.05, 3.63) is 90.6 Å². The average Bonchev–Trinajstić information content (AvgIpc) is 3.65. The summed E-state index contributed by atoms with van der Waals surface area (Å²) in [6, 6.07) is 29.4. The first-order valence-corrected chi connectivity index (χ1v) is 14.1. The lowest BCUT2D eigenvalue weighted by atomic mass is 9.96. The van der Waals surface area contributed by atoms with Crippen LogP contribution in [0.5, 0.6) is 0 Å². The smallest absolute Gasteiger partial charge is 0.0719 e. The molecule has 1 fully saturated rings. The van der Waals surface area contributed by atoms with Gasteiger partial charge in [0.15, 0.2) is 0 Å². The molecule has 0 bridgehead atoms. The summed E-state index contributed by atoms with van der Waals surface area (Å²) in [6.07, 6.45) is 7.36. The second-order valence-corrected chi connectivity index (χ2v) is 11.9. The fourth-order valence-electron chi connectivity index (χ4n) is 6.15. The summed E-state index contributed by atoms with van der Waals surface area (Å²) in [5.41, 5.74) is 3.84. The zero-order chi connectivity index (χ0) is 22.9. The third-order valence-electron chi connectivity index (χ3n) is 7.89. The normalized spacial score (nSPS) is 14.9. The maximum Gasteiger partial charge on any atom is 0.0719 e. The Balaban J connectivity index is 1.38. The molecule has 3 heterocycles. The van der Waals surface area contributed by atoms with Crippen LogP contribution in [0.1, 0.15) is 37.2 Å². The summed E-state index contributed by atoms with van der Waals surface area (Å²) in [7, 11) is 0. The molecule has 3 aromatic heterocycles. The van der Waals surface area contributed by atoms with Crippen molar-refractivity contribution in [1.82, 2.24) is 4.98 Å². The molecule has 0 saturated heterocycles. The van der Waals surface area contributed by atoms with Gasteiger partial charge >= 0.3 is 0 Å². The Bertz CT molecular complexity index is 1920. The number of benzene rings is 4. The number of rotatable bonds is 2. The van der Waals surface area contributed by atoms with Gasteiger partial charge < -0.3 is 0 Å². The standard InChI is InChI=1S/C32H23NS2/c1-2-7-19(6-1)20-16-17-33-28(18-20)27-10-5-9-22-24-14-15-25-26(31(24)35-32(22)27)13-12-23-21-8-3-4-11-29(21)34-30(23)25/h3-5,8-19H,1-2,6-7H2. The van der Waals surface area contributed by atoms with Crippen LogP contribution < -0.4 is 0 Å². The molecule has 4 aromatic carbocycles. The van der Waals surface area contributed by atoms with E-state index >= 15 is 0 Å². The topological polar surface area (TPSA) is 12.9 Å². The summed E-state index contributed by atoms with van der Waals surface area (Å²) in [5.74, 6) is 0.700. The molecule has 8 rings (SSSR count). The van der Waals surface area contributed by atoms with Crippen molar-refractivity contribution >= 4 is 73.8 Å². The molecule has 1 saturated carbocycles. The monoisotopic (exact) mass is 485 g/mol. The minimum Gasteiger partial charge on any atom is -0.256 e. The lowest BCUT2D eigenvalue weighted by Crippen LogP contribution is -1.94. The zero-order valence-corrected chi connectivity index (χ0v) is 20.9. The minimum atomic E-state index is 0.700. The molecule has 35 heavy (non-hydrogen) atoms. The summed E-state index contributed by atoms with van der Waals surface area (Å²) in [4.78, 5) is 4.84. The first kappa shape index (κ1) is 20.0. The van der Waals surface area contributed by atoms with Crippen molar-refractivity contribution in [2.75, 3.05) is 0 Å². The van der Waals surface area contributed by atoms with Crippen LogP contribution in [0.15, 0.2) is 85.1 Å². The van der Waals surface area contributed by atoms with Gasteiger partial charge in [0.05, 0.1) is 5.69 Å². The number of nitrogens with zero attached hydrogens (tertiary/aromatic N) is 1. The van der Waals surface area contributed by atoms with Crippen LogP contribution in [0.3, 0.4) is 0 Å². The van der Waals surface area contributed by atoms with Crippen molar-refractivity contribution in [3.8, 4) is 11.3 Å². The van der Waals surface area contributed by atoms with E-state index in [2.05, 4.69) is 78.9 Å². The summed E-state index contributed by atoms with van der Waals surface area (Å²) >= 11 is 3.85. The first-order chi connectivity index (χ1) is 17.3. The number of hydrogen-bond acceptors (Lipinski definition) is 3. The number of fused-ring (bicyclic) bond motifs is 9. The molecule has 168 valence electrons. The number of aromatic nitrogens is 1. The third-order valence-corrected chi connectivity index (χ3v) is 10.4. The maximum atomic E-state index is 4.84. The van der Waals surface area contributed by atoms with Crippen LogP contribution in [-0.4, -0.2) is 4.98 Å². The van der Waals surface area contributed by atoms with Gasteiger partial charge in [-0.05, 0) is 42.5 Å². The van der Waals surface area contributed by atoms with Gasteiger partial charge in [-0.2, -0.15) is 0 Å². The quantitative estimate of drug-likeness (QED) is 0.237. The van der Waals surface area contributed by atoms with Crippen LogP contribution in [0.4, 0.5) is 0 Å². The second-order valence-electron chi connectivity index (χ2n) is 9.82. The van der Waals surface area contributed by atoms with E-state index in [-0.39, 0.29) is 0 Å². The van der Waals surface area contributed by atoms with Gasteiger partial charge in [0.25, 0.3) is 0 Å². The molecule has 0 amide bonds. The van der Waals surface area contributed by atoms with Crippen LogP contribution in [0.2, 0.25) is 0 Å². The van der Waals surface area contributed by atoms with E-state index in [1.165, 1.54) is 87.9 Å². The largest absolute Gasteiger partial charge is 0.256 e. The van der Waals surface area contributed by atoms with E-state index in [0.717, 1.165) is 5.69 Å². The molecule has 1 aliphatic carbocycles. The van der Waals surface area contributed by atoms with E-state index in [0.29, 0.717) is 5.92 Å². The number of pyridine rings is 1. The van der Waals surface area contributed by atoms with E-state index in [9.17, 15) is 0 Å². The number of thiophene rings is 2. The van der Waals surface area contributed by atoms with Gasteiger partial charge in [-0.25, -0.2) is 0 Å². The van der Waals surface area contributed by atoms with Gasteiger partial charge in [-0.3, -0.25) is 4.98 Å². The van der Waals surface area contributed by atoms with Gasteiger partial charge in [0.2, 0.25) is 0 Å². The van der Waals surface area contributed by atoms with Crippen LogP contribution >= 0.6 is 22.7 Å². The highest BCUT2D eigenvalue weighted by molar-refractivity contribution is 7.28. The van der Waals surface area contributed by atoms with Crippen LogP contribution in [0, 0.1) is 0 Å². The Morgan fingerprint density at radius 3 is 2.06 bits per heavy atom. The fraction of sp³-hybridized carbons (Fsp3) is 0.156. The van der Waals surface area contributed by atoms with Crippen molar-refractivity contribution < 1.29 is 0 Å². The highest BCUT2D eigenvalue weighted by Gasteiger charge is 2.19. The van der Waals surface area contributed by atoms with Gasteiger partial charge in [0, 0.05) is 62.9 Å². The van der Waals surface area contributed by atoms with E-state index < -0.39 is 0 Å². The summed E-state index contributed by atoms with van der Waals surface area (Å²) in [5, 5.41) is 8.15. The SMILES string of the molecule is c1ccc2c(c1)sc1c2ccc2c1ccc1c3cccc(-c4cc(C5CCCC5)ccn4)c3sc12. The third kappa shape index (κ3) is 2.95. The molecule has 3 heteroatoms. The first-order valence-electron chi connectivity index (χ1n) is 12.5. The molecule has 0 unspecified atom stereocenters. The Labute approximate surface area is 211 Å². The highest BCUT2D eigenvalue weighted by atomic mass is 32.1. The highest BCUT2D eigenvalue weighted by Crippen LogP contribution is 2.46. The van der Waals surface area contributed by atoms with Crippen molar-refractivity contribution in [1.29, 1.82) is 0 Å². The molecular formula is C32H23NS2. The van der Waals surface area contributed by atoms with E-state index in [1.54, 1.807) is 0 Å². The van der Waals surface area contributed by atoms with E-state index in [1.807, 2.05) is 28.9 Å².